The number of aromatic nitrogens is 2. The molecule has 0 aliphatic carbocycles. The maximum atomic E-state index is 11.4. The monoisotopic (exact) mass is 295 g/mol. The lowest BCUT2D eigenvalue weighted by Crippen LogP contribution is -2.20. The average molecular weight is 296 g/mol. The summed E-state index contributed by atoms with van der Waals surface area (Å²) >= 11 is 3.18. The van der Waals surface area contributed by atoms with Gasteiger partial charge in [0.1, 0.15) is 17.8 Å². The van der Waals surface area contributed by atoms with E-state index in [0.29, 0.717) is 11.5 Å². The molecule has 17 heavy (non-hydrogen) atoms. The first-order valence-electron chi connectivity index (χ1n) is 4.98. The molecule has 2 heterocycles. The van der Waals surface area contributed by atoms with Crippen LogP contribution in [0.25, 0.3) is 11.3 Å². The molecule has 88 valence electrons. The third kappa shape index (κ3) is 2.91. The van der Waals surface area contributed by atoms with Crippen molar-refractivity contribution in [2.24, 2.45) is 0 Å². The lowest BCUT2D eigenvalue weighted by molar-refractivity contribution is -0.115. The molecule has 0 aliphatic heterocycles. The van der Waals surface area contributed by atoms with Crippen LogP contribution >= 0.6 is 15.9 Å². The van der Waals surface area contributed by atoms with Crippen molar-refractivity contribution in [2.45, 2.75) is 11.8 Å². The van der Waals surface area contributed by atoms with Crippen LogP contribution in [0.5, 0.6) is 0 Å². The topological polar surface area (TPSA) is 68.0 Å². The van der Waals surface area contributed by atoms with Crippen molar-refractivity contribution in [3.63, 3.8) is 0 Å². The SMILES string of the molecule is CC(Br)C(=O)Nc1ccc(-c2ccon2)cn1. The van der Waals surface area contributed by atoms with Crippen molar-refractivity contribution >= 4 is 27.7 Å². The quantitative estimate of drug-likeness (QED) is 0.883. The Labute approximate surface area is 106 Å². The van der Waals surface area contributed by atoms with E-state index in [2.05, 4.69) is 31.4 Å². The van der Waals surface area contributed by atoms with E-state index in [1.165, 1.54) is 6.26 Å². The van der Waals surface area contributed by atoms with Gasteiger partial charge in [-0.05, 0) is 19.1 Å². The normalized spacial score (nSPS) is 12.1. The molecular weight excluding hydrogens is 286 g/mol. The number of halogens is 1. The molecular formula is C11H10BrN3O2. The Morgan fingerprint density at radius 3 is 2.82 bits per heavy atom. The van der Waals surface area contributed by atoms with Crippen LogP contribution in [0.3, 0.4) is 0 Å². The summed E-state index contributed by atoms with van der Waals surface area (Å²) in [5.41, 5.74) is 1.55. The van der Waals surface area contributed by atoms with E-state index in [1.807, 2.05) is 6.07 Å². The standard InChI is InChI=1S/C11H10BrN3O2/c1-7(12)11(16)14-10-3-2-8(6-13-10)9-4-5-17-15-9/h2-7H,1H3,(H,13,14,16). The van der Waals surface area contributed by atoms with Gasteiger partial charge in [0, 0.05) is 17.8 Å². The molecule has 0 spiro atoms. The van der Waals surface area contributed by atoms with E-state index in [-0.39, 0.29) is 10.7 Å². The van der Waals surface area contributed by atoms with Crippen LogP contribution in [-0.4, -0.2) is 20.9 Å². The van der Waals surface area contributed by atoms with Gasteiger partial charge in [-0.15, -0.1) is 0 Å². The van der Waals surface area contributed by atoms with Gasteiger partial charge in [-0.2, -0.15) is 0 Å². The largest absolute Gasteiger partial charge is 0.364 e. The first kappa shape index (κ1) is 11.8. The van der Waals surface area contributed by atoms with Gasteiger partial charge in [-0.25, -0.2) is 4.98 Å². The first-order valence-corrected chi connectivity index (χ1v) is 5.90. The minimum Gasteiger partial charge on any atom is -0.364 e. The van der Waals surface area contributed by atoms with E-state index in [4.69, 9.17) is 4.52 Å². The third-order valence-corrected chi connectivity index (χ3v) is 2.53. The van der Waals surface area contributed by atoms with Gasteiger partial charge in [0.15, 0.2) is 0 Å². The molecule has 1 unspecified atom stereocenters. The molecule has 0 saturated carbocycles. The van der Waals surface area contributed by atoms with E-state index >= 15 is 0 Å². The van der Waals surface area contributed by atoms with Crippen molar-refractivity contribution in [1.82, 2.24) is 10.1 Å². The molecule has 0 aliphatic rings. The van der Waals surface area contributed by atoms with Crippen LogP contribution in [0.15, 0.2) is 35.2 Å². The minimum absolute atomic E-state index is 0.133. The van der Waals surface area contributed by atoms with Crippen LogP contribution in [0.4, 0.5) is 5.82 Å². The number of carbonyl (C=O) groups is 1. The number of anilines is 1. The zero-order valence-electron chi connectivity index (χ0n) is 9.05. The Balaban J connectivity index is 2.11. The number of hydrogen-bond donors (Lipinski definition) is 1. The fourth-order valence-electron chi connectivity index (χ4n) is 1.21. The predicted molar refractivity (Wildman–Crippen MR) is 66.8 cm³/mol. The van der Waals surface area contributed by atoms with E-state index in [1.54, 1.807) is 25.3 Å². The van der Waals surface area contributed by atoms with E-state index in [0.717, 1.165) is 5.56 Å². The minimum atomic E-state index is -0.250. The average Bonchev–Trinajstić information content (AvgIpc) is 2.83. The molecule has 1 amide bonds. The second-order valence-corrected chi connectivity index (χ2v) is 4.80. The zero-order valence-corrected chi connectivity index (χ0v) is 10.6. The van der Waals surface area contributed by atoms with Crippen LogP contribution in [0.2, 0.25) is 0 Å². The zero-order chi connectivity index (χ0) is 12.3. The summed E-state index contributed by atoms with van der Waals surface area (Å²) in [6, 6.07) is 5.28. The Morgan fingerprint density at radius 2 is 2.29 bits per heavy atom. The van der Waals surface area contributed by atoms with Crippen LogP contribution in [0, 0.1) is 0 Å². The molecule has 2 rings (SSSR count). The summed E-state index contributed by atoms with van der Waals surface area (Å²) in [6.07, 6.45) is 3.13. The molecule has 0 radical (unpaired) electrons. The molecule has 0 saturated heterocycles. The number of amides is 1. The van der Waals surface area contributed by atoms with Crippen LogP contribution in [-0.2, 0) is 4.79 Å². The smallest absolute Gasteiger partial charge is 0.239 e. The second-order valence-electron chi connectivity index (χ2n) is 3.42. The van der Waals surface area contributed by atoms with Crippen molar-refractivity contribution in [3.8, 4) is 11.3 Å². The summed E-state index contributed by atoms with van der Waals surface area (Å²) in [4.78, 5) is 15.3. The summed E-state index contributed by atoms with van der Waals surface area (Å²) in [7, 11) is 0. The van der Waals surface area contributed by atoms with Gasteiger partial charge in [0.25, 0.3) is 0 Å². The van der Waals surface area contributed by atoms with Gasteiger partial charge in [0.05, 0.1) is 4.83 Å². The van der Waals surface area contributed by atoms with Gasteiger partial charge in [-0.3, -0.25) is 4.79 Å². The summed E-state index contributed by atoms with van der Waals surface area (Å²) in [5, 5.41) is 6.47. The molecule has 1 atom stereocenters. The van der Waals surface area contributed by atoms with Crippen molar-refractivity contribution in [2.75, 3.05) is 5.32 Å². The van der Waals surface area contributed by atoms with Crippen molar-refractivity contribution < 1.29 is 9.32 Å². The van der Waals surface area contributed by atoms with Crippen LogP contribution < -0.4 is 5.32 Å². The Kier molecular flexibility index (Phi) is 3.53. The highest BCUT2D eigenvalue weighted by Gasteiger charge is 2.09. The summed E-state index contributed by atoms with van der Waals surface area (Å²) in [6.45, 7) is 1.75. The maximum Gasteiger partial charge on any atom is 0.239 e. The highest BCUT2D eigenvalue weighted by Crippen LogP contribution is 2.17. The number of pyridine rings is 1. The fraction of sp³-hybridized carbons (Fsp3) is 0.182. The Bertz CT molecular complexity index is 494. The highest BCUT2D eigenvalue weighted by molar-refractivity contribution is 9.10. The predicted octanol–water partition coefficient (Wildman–Crippen LogP) is 2.46. The first-order chi connectivity index (χ1) is 8.16. The lowest BCUT2D eigenvalue weighted by Gasteiger charge is -2.05. The number of nitrogens with zero attached hydrogens (tertiary/aromatic N) is 2. The molecule has 0 fully saturated rings. The number of hydrogen-bond acceptors (Lipinski definition) is 4. The van der Waals surface area contributed by atoms with Gasteiger partial charge in [-0.1, -0.05) is 21.1 Å². The van der Waals surface area contributed by atoms with Crippen molar-refractivity contribution in [3.05, 3.63) is 30.7 Å². The summed E-state index contributed by atoms with van der Waals surface area (Å²) in [5.74, 6) is 0.375. The highest BCUT2D eigenvalue weighted by atomic mass is 79.9. The molecule has 2 aromatic heterocycles. The molecule has 6 heteroatoms. The number of rotatable bonds is 3. The molecule has 5 nitrogen and oxygen atoms in total. The fourth-order valence-corrected chi connectivity index (χ4v) is 1.32. The lowest BCUT2D eigenvalue weighted by atomic mass is 10.2. The summed E-state index contributed by atoms with van der Waals surface area (Å²) < 4.78 is 4.74. The van der Waals surface area contributed by atoms with Gasteiger partial charge in [0.2, 0.25) is 5.91 Å². The van der Waals surface area contributed by atoms with Gasteiger partial charge < -0.3 is 9.84 Å². The van der Waals surface area contributed by atoms with Crippen LogP contribution in [0.1, 0.15) is 6.92 Å². The number of alkyl halides is 1. The Morgan fingerprint density at radius 1 is 1.47 bits per heavy atom. The maximum absolute atomic E-state index is 11.4. The number of nitrogens with one attached hydrogen (secondary N) is 1. The second kappa shape index (κ2) is 5.09. The van der Waals surface area contributed by atoms with E-state index < -0.39 is 0 Å². The number of carbonyl (C=O) groups excluding carboxylic acids is 1. The molecule has 0 aromatic carbocycles. The molecule has 2 aromatic rings. The Hall–Kier alpha value is -1.69. The van der Waals surface area contributed by atoms with Crippen molar-refractivity contribution in [1.29, 1.82) is 0 Å². The van der Waals surface area contributed by atoms with E-state index in [9.17, 15) is 4.79 Å². The molecule has 0 bridgehead atoms. The third-order valence-electron chi connectivity index (χ3n) is 2.11. The molecule has 1 N–H and O–H groups in total. The van der Waals surface area contributed by atoms with Gasteiger partial charge >= 0.3 is 0 Å².